The second kappa shape index (κ2) is 5.77. The van der Waals surface area contributed by atoms with Crippen LogP contribution in [0.4, 0.5) is 0 Å². The molecule has 0 aliphatic rings. The highest BCUT2D eigenvalue weighted by Gasteiger charge is 2.12. The number of aliphatic hydroxyl groups excluding tert-OH is 1. The van der Waals surface area contributed by atoms with Crippen LogP contribution in [0.1, 0.15) is 33.9 Å². The third kappa shape index (κ3) is 3.37. The minimum Gasteiger partial charge on any atom is -0.388 e. The summed E-state index contributed by atoms with van der Waals surface area (Å²) in [5.41, 5.74) is 5.66. The van der Waals surface area contributed by atoms with E-state index in [1.165, 1.54) is 11.1 Å². The summed E-state index contributed by atoms with van der Waals surface area (Å²) in [5, 5.41) is 11.0. The van der Waals surface area contributed by atoms with E-state index < -0.39 is 6.10 Å². The number of aliphatic hydroxyl groups is 1. The van der Waals surface area contributed by atoms with Crippen LogP contribution in [-0.2, 0) is 6.42 Å². The van der Waals surface area contributed by atoms with Gasteiger partial charge in [0.2, 0.25) is 0 Å². The molecule has 0 aliphatic heterocycles. The van der Waals surface area contributed by atoms with Crippen molar-refractivity contribution in [1.82, 2.24) is 0 Å². The van der Waals surface area contributed by atoms with Crippen LogP contribution in [0.25, 0.3) is 0 Å². The predicted octanol–water partition coefficient (Wildman–Crippen LogP) is 4.54. The van der Waals surface area contributed by atoms with Crippen molar-refractivity contribution >= 4 is 11.6 Å². The van der Waals surface area contributed by atoms with Crippen LogP contribution in [-0.4, -0.2) is 5.11 Å². The Morgan fingerprint density at radius 2 is 1.63 bits per heavy atom. The zero-order valence-electron chi connectivity index (χ0n) is 11.6. The molecule has 0 aliphatic carbocycles. The van der Waals surface area contributed by atoms with Crippen molar-refractivity contribution in [3.05, 3.63) is 69.2 Å². The van der Waals surface area contributed by atoms with Gasteiger partial charge in [-0.2, -0.15) is 0 Å². The second-order valence-corrected chi connectivity index (χ2v) is 5.58. The average molecular weight is 275 g/mol. The quantitative estimate of drug-likeness (QED) is 0.871. The summed E-state index contributed by atoms with van der Waals surface area (Å²) in [6.07, 6.45) is 0.100. The number of rotatable bonds is 3. The minimum absolute atomic E-state index is 0.513. The fourth-order valence-electron chi connectivity index (χ4n) is 2.23. The summed E-state index contributed by atoms with van der Waals surface area (Å²) in [5.74, 6) is 0. The molecule has 1 unspecified atom stereocenters. The molecule has 1 N–H and O–H groups in total. The van der Waals surface area contributed by atoms with E-state index in [1.807, 2.05) is 25.1 Å². The molecule has 2 aromatic carbocycles. The topological polar surface area (TPSA) is 20.2 Å². The zero-order chi connectivity index (χ0) is 14.0. The molecule has 0 fully saturated rings. The Labute approximate surface area is 119 Å². The smallest absolute Gasteiger partial charge is 0.0833 e. The van der Waals surface area contributed by atoms with E-state index in [0.29, 0.717) is 11.4 Å². The largest absolute Gasteiger partial charge is 0.388 e. The summed E-state index contributed by atoms with van der Waals surface area (Å²) >= 11 is 6.00. The summed E-state index contributed by atoms with van der Waals surface area (Å²) in [6.45, 7) is 6.18. The molecule has 0 amide bonds. The Morgan fingerprint density at radius 1 is 0.947 bits per heavy atom. The molecule has 100 valence electrons. The van der Waals surface area contributed by atoms with Crippen molar-refractivity contribution in [3.8, 4) is 0 Å². The Balaban J connectivity index is 2.22. The highest BCUT2D eigenvalue weighted by Crippen LogP contribution is 2.25. The van der Waals surface area contributed by atoms with E-state index in [9.17, 15) is 5.11 Å². The van der Waals surface area contributed by atoms with Gasteiger partial charge in [-0.1, -0.05) is 35.9 Å². The van der Waals surface area contributed by atoms with Crippen molar-refractivity contribution in [2.45, 2.75) is 33.3 Å². The third-order valence-electron chi connectivity index (χ3n) is 3.60. The van der Waals surface area contributed by atoms with Crippen LogP contribution < -0.4 is 0 Å². The highest BCUT2D eigenvalue weighted by atomic mass is 35.5. The molecule has 0 spiro atoms. The lowest BCUT2D eigenvalue weighted by Gasteiger charge is -2.15. The van der Waals surface area contributed by atoms with Crippen LogP contribution in [0, 0.1) is 20.8 Å². The van der Waals surface area contributed by atoms with Gasteiger partial charge in [0.05, 0.1) is 6.10 Å². The van der Waals surface area contributed by atoms with Gasteiger partial charge in [0.15, 0.2) is 0 Å². The van der Waals surface area contributed by atoms with Gasteiger partial charge in [-0.3, -0.25) is 0 Å². The minimum atomic E-state index is -0.513. The lowest BCUT2D eigenvalue weighted by atomic mass is 9.96. The molecule has 0 bridgehead atoms. The van der Waals surface area contributed by atoms with Gasteiger partial charge >= 0.3 is 0 Å². The monoisotopic (exact) mass is 274 g/mol. The van der Waals surface area contributed by atoms with E-state index >= 15 is 0 Å². The molecule has 1 atom stereocenters. The average Bonchev–Trinajstić information content (AvgIpc) is 2.36. The number of hydrogen-bond acceptors (Lipinski definition) is 1. The van der Waals surface area contributed by atoms with Crippen LogP contribution in [0.3, 0.4) is 0 Å². The lowest BCUT2D eigenvalue weighted by molar-refractivity contribution is 0.177. The van der Waals surface area contributed by atoms with Crippen molar-refractivity contribution in [1.29, 1.82) is 0 Å². The van der Waals surface area contributed by atoms with Crippen LogP contribution in [0.15, 0.2) is 36.4 Å². The van der Waals surface area contributed by atoms with Gasteiger partial charge in [0, 0.05) is 11.4 Å². The Bertz CT molecular complexity index is 590. The maximum atomic E-state index is 10.4. The molecular formula is C17H19ClO. The first-order chi connectivity index (χ1) is 8.97. The second-order valence-electron chi connectivity index (χ2n) is 5.14. The first-order valence-electron chi connectivity index (χ1n) is 6.47. The maximum absolute atomic E-state index is 10.4. The summed E-state index contributed by atoms with van der Waals surface area (Å²) < 4.78 is 0. The van der Waals surface area contributed by atoms with Crippen LogP contribution >= 0.6 is 11.6 Å². The Morgan fingerprint density at radius 3 is 2.32 bits per heavy atom. The van der Waals surface area contributed by atoms with E-state index in [2.05, 4.69) is 32.0 Å². The Hall–Kier alpha value is -1.31. The zero-order valence-corrected chi connectivity index (χ0v) is 12.3. The molecule has 1 nitrogen and oxygen atoms in total. The lowest BCUT2D eigenvalue weighted by Crippen LogP contribution is -2.04. The van der Waals surface area contributed by atoms with E-state index in [1.54, 1.807) is 0 Å². The van der Waals surface area contributed by atoms with Crippen LogP contribution in [0.2, 0.25) is 5.02 Å². The highest BCUT2D eigenvalue weighted by molar-refractivity contribution is 6.30. The third-order valence-corrected chi connectivity index (χ3v) is 3.84. The van der Waals surface area contributed by atoms with E-state index in [4.69, 9.17) is 11.6 Å². The molecule has 2 aromatic rings. The van der Waals surface area contributed by atoms with Gasteiger partial charge in [-0.25, -0.2) is 0 Å². The molecule has 0 saturated carbocycles. The molecule has 0 heterocycles. The fourth-order valence-corrected chi connectivity index (χ4v) is 2.41. The standard InChI is InChI=1S/C17H19ClO/c1-11-4-6-14(8-13(11)3)9-17(19)16-10-15(18)7-5-12(16)2/h4-8,10,17,19H,9H2,1-3H3. The molecule has 19 heavy (non-hydrogen) atoms. The molecule has 0 aromatic heterocycles. The first-order valence-corrected chi connectivity index (χ1v) is 6.85. The SMILES string of the molecule is Cc1ccc(CC(O)c2cc(Cl)ccc2C)cc1C. The Kier molecular flexibility index (Phi) is 4.28. The maximum Gasteiger partial charge on any atom is 0.0833 e. The number of aryl methyl sites for hydroxylation is 3. The molecular weight excluding hydrogens is 256 g/mol. The van der Waals surface area contributed by atoms with Gasteiger partial charge in [0.1, 0.15) is 0 Å². The molecule has 0 radical (unpaired) electrons. The van der Waals surface area contributed by atoms with Crippen molar-refractivity contribution in [3.63, 3.8) is 0 Å². The predicted molar refractivity (Wildman–Crippen MR) is 80.8 cm³/mol. The number of halogens is 1. The van der Waals surface area contributed by atoms with Gasteiger partial charge < -0.3 is 5.11 Å². The van der Waals surface area contributed by atoms with Crippen LogP contribution in [0.5, 0.6) is 0 Å². The van der Waals surface area contributed by atoms with E-state index in [-0.39, 0.29) is 0 Å². The van der Waals surface area contributed by atoms with Gasteiger partial charge in [-0.05, 0) is 60.7 Å². The summed E-state index contributed by atoms with van der Waals surface area (Å²) in [7, 11) is 0. The fraction of sp³-hybridized carbons (Fsp3) is 0.294. The van der Waals surface area contributed by atoms with Crippen molar-refractivity contribution in [2.24, 2.45) is 0 Å². The number of benzene rings is 2. The van der Waals surface area contributed by atoms with E-state index in [0.717, 1.165) is 16.7 Å². The summed E-state index contributed by atoms with van der Waals surface area (Å²) in [4.78, 5) is 0. The molecule has 2 rings (SSSR count). The molecule has 2 heteroatoms. The summed E-state index contributed by atoms with van der Waals surface area (Å²) in [6, 6.07) is 12.0. The van der Waals surface area contributed by atoms with Crippen molar-refractivity contribution in [2.75, 3.05) is 0 Å². The molecule has 0 saturated heterocycles. The number of hydrogen-bond donors (Lipinski definition) is 1. The normalized spacial score (nSPS) is 12.5. The van der Waals surface area contributed by atoms with Gasteiger partial charge in [-0.15, -0.1) is 0 Å². The van der Waals surface area contributed by atoms with Gasteiger partial charge in [0.25, 0.3) is 0 Å². The van der Waals surface area contributed by atoms with Crippen molar-refractivity contribution < 1.29 is 5.11 Å². The first kappa shape index (κ1) is 14.1.